The summed E-state index contributed by atoms with van der Waals surface area (Å²) < 4.78 is 25.9. The molecule has 4 heteroatoms. The van der Waals surface area contributed by atoms with E-state index in [1.54, 1.807) is 6.07 Å². The second-order valence-corrected chi connectivity index (χ2v) is 5.77. The van der Waals surface area contributed by atoms with Crippen molar-refractivity contribution in [3.05, 3.63) is 35.4 Å². The molecule has 0 aromatic heterocycles. The molecule has 0 aliphatic heterocycles. The van der Waals surface area contributed by atoms with Crippen LogP contribution in [0.5, 0.6) is 0 Å². The van der Waals surface area contributed by atoms with E-state index in [2.05, 4.69) is 12.2 Å². The Kier molecular flexibility index (Phi) is 4.53. The number of hydrogen-bond acceptors (Lipinski definition) is 2. The van der Waals surface area contributed by atoms with Gasteiger partial charge in [-0.05, 0) is 30.5 Å². The van der Waals surface area contributed by atoms with Gasteiger partial charge in [0, 0.05) is 18.5 Å². The van der Waals surface area contributed by atoms with Gasteiger partial charge in [0.1, 0.15) is 0 Å². The Labute approximate surface area is 112 Å². The molecular weight excluding hydrogens is 248 g/mol. The first-order valence-electron chi connectivity index (χ1n) is 6.84. The van der Waals surface area contributed by atoms with Crippen molar-refractivity contribution in [2.75, 3.05) is 6.54 Å². The molecule has 2 rings (SSSR count). The molecule has 1 aliphatic rings. The summed E-state index contributed by atoms with van der Waals surface area (Å²) in [4.78, 5) is 0. The fourth-order valence-corrected chi connectivity index (χ4v) is 2.73. The molecule has 0 bridgehead atoms. The monoisotopic (exact) mass is 269 g/mol. The van der Waals surface area contributed by atoms with Crippen molar-refractivity contribution >= 4 is 0 Å². The molecule has 0 radical (unpaired) electrons. The summed E-state index contributed by atoms with van der Waals surface area (Å²) in [6.45, 7) is 3.25. The van der Waals surface area contributed by atoms with Gasteiger partial charge in [-0.1, -0.05) is 25.8 Å². The minimum Gasteiger partial charge on any atom is -0.393 e. The summed E-state index contributed by atoms with van der Waals surface area (Å²) in [5.74, 6) is -1.64. The average Bonchev–Trinajstić information content (AvgIpc) is 2.38. The summed E-state index contributed by atoms with van der Waals surface area (Å²) in [6, 6.07) is 3.93. The van der Waals surface area contributed by atoms with Crippen molar-refractivity contribution in [3.8, 4) is 0 Å². The van der Waals surface area contributed by atoms with Gasteiger partial charge in [-0.2, -0.15) is 0 Å². The lowest BCUT2D eigenvalue weighted by Crippen LogP contribution is -2.43. The van der Waals surface area contributed by atoms with Crippen LogP contribution in [-0.2, 0) is 6.54 Å². The maximum Gasteiger partial charge on any atom is 0.159 e. The van der Waals surface area contributed by atoms with Gasteiger partial charge in [-0.25, -0.2) is 8.78 Å². The Hall–Kier alpha value is -1.00. The van der Waals surface area contributed by atoms with Crippen molar-refractivity contribution < 1.29 is 13.9 Å². The molecule has 0 heterocycles. The van der Waals surface area contributed by atoms with E-state index in [1.807, 2.05) is 0 Å². The Balaban J connectivity index is 1.87. The molecule has 0 amide bonds. The Morgan fingerprint density at radius 2 is 2.11 bits per heavy atom. The first-order valence-corrected chi connectivity index (χ1v) is 6.84. The topological polar surface area (TPSA) is 32.3 Å². The third-order valence-corrected chi connectivity index (χ3v) is 4.12. The van der Waals surface area contributed by atoms with Crippen LogP contribution in [0.15, 0.2) is 18.2 Å². The second kappa shape index (κ2) is 5.97. The molecule has 1 aromatic rings. The highest BCUT2D eigenvalue weighted by Gasteiger charge is 2.34. The molecule has 1 aliphatic carbocycles. The molecule has 0 spiro atoms. The van der Waals surface area contributed by atoms with Crippen LogP contribution >= 0.6 is 0 Å². The first kappa shape index (κ1) is 14.4. The van der Waals surface area contributed by atoms with Crippen molar-refractivity contribution in [1.29, 1.82) is 0 Å². The molecule has 2 unspecified atom stereocenters. The number of benzene rings is 1. The van der Waals surface area contributed by atoms with Crippen molar-refractivity contribution in [3.63, 3.8) is 0 Å². The predicted octanol–water partition coefficient (Wildman–Crippen LogP) is 3.00. The van der Waals surface area contributed by atoms with E-state index in [1.165, 1.54) is 6.07 Å². The fourth-order valence-electron chi connectivity index (χ4n) is 2.73. The molecular formula is C15H21F2NO. The van der Waals surface area contributed by atoms with Crippen molar-refractivity contribution in [2.24, 2.45) is 5.41 Å². The van der Waals surface area contributed by atoms with Crippen LogP contribution in [0.1, 0.15) is 38.2 Å². The van der Waals surface area contributed by atoms with Crippen LogP contribution in [0.4, 0.5) is 8.78 Å². The van der Waals surface area contributed by atoms with Crippen LogP contribution in [0.2, 0.25) is 0 Å². The molecule has 0 saturated heterocycles. The van der Waals surface area contributed by atoms with Gasteiger partial charge < -0.3 is 10.4 Å². The lowest BCUT2D eigenvalue weighted by molar-refractivity contribution is 0.00115. The standard InChI is InChI=1S/C15H21F2NO/c1-15(7-3-2-4-14(15)19)10-18-9-11-5-6-12(16)13(17)8-11/h5-6,8,14,18-19H,2-4,7,9-10H2,1H3. The van der Waals surface area contributed by atoms with E-state index in [0.717, 1.165) is 31.7 Å². The lowest BCUT2D eigenvalue weighted by atomic mass is 9.73. The maximum absolute atomic E-state index is 13.1. The molecule has 2 N–H and O–H groups in total. The highest BCUT2D eigenvalue weighted by molar-refractivity contribution is 5.17. The predicted molar refractivity (Wildman–Crippen MR) is 70.6 cm³/mol. The number of hydrogen-bond donors (Lipinski definition) is 2. The van der Waals surface area contributed by atoms with Crippen LogP contribution in [-0.4, -0.2) is 17.8 Å². The number of aliphatic hydroxyl groups excluding tert-OH is 1. The zero-order chi connectivity index (χ0) is 13.9. The van der Waals surface area contributed by atoms with E-state index in [-0.39, 0.29) is 11.5 Å². The quantitative estimate of drug-likeness (QED) is 0.880. The van der Waals surface area contributed by atoms with Gasteiger partial charge in [-0.3, -0.25) is 0 Å². The summed E-state index contributed by atoms with van der Waals surface area (Å²) in [5.41, 5.74) is 0.601. The van der Waals surface area contributed by atoms with E-state index in [0.29, 0.717) is 18.7 Å². The second-order valence-electron chi connectivity index (χ2n) is 5.77. The lowest BCUT2D eigenvalue weighted by Gasteiger charge is -2.38. The van der Waals surface area contributed by atoms with Gasteiger partial charge in [0.15, 0.2) is 11.6 Å². The minimum absolute atomic E-state index is 0.114. The Morgan fingerprint density at radius 1 is 1.32 bits per heavy atom. The van der Waals surface area contributed by atoms with Gasteiger partial charge in [0.05, 0.1) is 6.10 Å². The van der Waals surface area contributed by atoms with E-state index < -0.39 is 11.6 Å². The Bertz CT molecular complexity index is 438. The number of halogens is 2. The SMILES string of the molecule is CC1(CNCc2ccc(F)c(F)c2)CCCCC1O. The summed E-state index contributed by atoms with van der Waals surface area (Å²) in [6.07, 6.45) is 3.79. The normalized spacial score (nSPS) is 27.5. The molecule has 19 heavy (non-hydrogen) atoms. The van der Waals surface area contributed by atoms with E-state index in [9.17, 15) is 13.9 Å². The zero-order valence-electron chi connectivity index (χ0n) is 11.3. The van der Waals surface area contributed by atoms with E-state index in [4.69, 9.17) is 0 Å². The minimum atomic E-state index is -0.821. The third-order valence-electron chi connectivity index (χ3n) is 4.12. The molecule has 2 atom stereocenters. The first-order chi connectivity index (χ1) is 9.01. The number of nitrogens with one attached hydrogen (secondary N) is 1. The van der Waals surface area contributed by atoms with Gasteiger partial charge in [-0.15, -0.1) is 0 Å². The van der Waals surface area contributed by atoms with Crippen LogP contribution in [0, 0.1) is 17.0 Å². The van der Waals surface area contributed by atoms with Crippen molar-refractivity contribution in [2.45, 2.75) is 45.3 Å². The zero-order valence-corrected chi connectivity index (χ0v) is 11.3. The molecule has 1 saturated carbocycles. The van der Waals surface area contributed by atoms with Crippen molar-refractivity contribution in [1.82, 2.24) is 5.32 Å². The highest BCUT2D eigenvalue weighted by Crippen LogP contribution is 2.35. The molecule has 106 valence electrons. The largest absolute Gasteiger partial charge is 0.393 e. The van der Waals surface area contributed by atoms with Gasteiger partial charge in [0.2, 0.25) is 0 Å². The fraction of sp³-hybridized carbons (Fsp3) is 0.600. The van der Waals surface area contributed by atoms with Crippen LogP contribution < -0.4 is 5.32 Å². The van der Waals surface area contributed by atoms with E-state index >= 15 is 0 Å². The van der Waals surface area contributed by atoms with Crippen LogP contribution in [0.25, 0.3) is 0 Å². The van der Waals surface area contributed by atoms with Crippen LogP contribution in [0.3, 0.4) is 0 Å². The summed E-state index contributed by atoms with van der Waals surface area (Å²) >= 11 is 0. The summed E-state index contributed by atoms with van der Waals surface area (Å²) in [5, 5.41) is 13.3. The number of aliphatic hydroxyl groups is 1. The molecule has 2 nitrogen and oxygen atoms in total. The smallest absolute Gasteiger partial charge is 0.159 e. The highest BCUT2D eigenvalue weighted by atomic mass is 19.2. The average molecular weight is 269 g/mol. The molecule has 1 fully saturated rings. The van der Waals surface area contributed by atoms with Gasteiger partial charge >= 0.3 is 0 Å². The summed E-state index contributed by atoms with van der Waals surface area (Å²) in [7, 11) is 0. The Morgan fingerprint density at radius 3 is 2.79 bits per heavy atom. The third kappa shape index (κ3) is 3.51. The maximum atomic E-state index is 13.1. The molecule has 1 aromatic carbocycles. The van der Waals surface area contributed by atoms with Gasteiger partial charge in [0.25, 0.3) is 0 Å². The number of rotatable bonds is 4.